The smallest absolute Gasteiger partial charge is 0.414 e. The molecular formula is C20H25N3O5S2. The van der Waals surface area contributed by atoms with Crippen LogP contribution in [0.15, 0.2) is 30.3 Å². The van der Waals surface area contributed by atoms with Gasteiger partial charge in [0, 0.05) is 32.0 Å². The second-order valence-electron chi connectivity index (χ2n) is 7.49. The molecule has 30 heavy (non-hydrogen) atoms. The SMILES string of the molecule is CC(=O)NC[C@H]1CN(c2ccc(C3=CCN(C(=S)CS(C)(=O)=O)CC3)cc2)C(=O)O1. The summed E-state index contributed by atoms with van der Waals surface area (Å²) < 4.78 is 28.2. The Morgan fingerprint density at radius 2 is 2.00 bits per heavy atom. The summed E-state index contributed by atoms with van der Waals surface area (Å²) in [6.07, 6.45) is 3.20. The van der Waals surface area contributed by atoms with Crippen LogP contribution in [0.25, 0.3) is 5.57 Å². The molecule has 1 atom stereocenters. The van der Waals surface area contributed by atoms with E-state index < -0.39 is 15.9 Å². The topological polar surface area (TPSA) is 96.0 Å². The lowest BCUT2D eigenvalue weighted by Crippen LogP contribution is -2.37. The van der Waals surface area contributed by atoms with Crippen molar-refractivity contribution in [3.63, 3.8) is 0 Å². The highest BCUT2D eigenvalue weighted by atomic mass is 32.2. The normalized spacial score (nSPS) is 19.3. The largest absolute Gasteiger partial charge is 0.442 e. The van der Waals surface area contributed by atoms with E-state index in [4.69, 9.17) is 17.0 Å². The van der Waals surface area contributed by atoms with E-state index in [0.29, 0.717) is 31.2 Å². The first-order valence-corrected chi connectivity index (χ1v) is 12.1. The van der Waals surface area contributed by atoms with Crippen LogP contribution < -0.4 is 10.2 Å². The Hall–Kier alpha value is -2.46. The number of ether oxygens (including phenoxy) is 1. The summed E-state index contributed by atoms with van der Waals surface area (Å²) in [5.74, 6) is -0.264. The zero-order chi connectivity index (χ0) is 21.9. The molecule has 1 N–H and O–H groups in total. The molecule has 0 radical (unpaired) electrons. The molecule has 10 heteroatoms. The number of carbonyl (C=O) groups is 2. The van der Waals surface area contributed by atoms with E-state index in [1.807, 2.05) is 29.2 Å². The van der Waals surface area contributed by atoms with Gasteiger partial charge in [-0.3, -0.25) is 9.69 Å². The van der Waals surface area contributed by atoms with Crippen molar-refractivity contribution >= 4 is 50.3 Å². The van der Waals surface area contributed by atoms with Gasteiger partial charge >= 0.3 is 6.09 Å². The van der Waals surface area contributed by atoms with Gasteiger partial charge in [-0.05, 0) is 29.7 Å². The third kappa shape index (κ3) is 5.79. The Morgan fingerprint density at radius 1 is 1.30 bits per heavy atom. The minimum atomic E-state index is -3.13. The molecule has 0 saturated carbocycles. The molecule has 1 fully saturated rings. The van der Waals surface area contributed by atoms with Crippen LogP contribution in [0.3, 0.4) is 0 Å². The fourth-order valence-corrected chi connectivity index (χ4v) is 4.86. The number of benzene rings is 1. The van der Waals surface area contributed by atoms with Crippen LogP contribution in [-0.4, -0.2) is 74.6 Å². The minimum absolute atomic E-state index is 0.102. The van der Waals surface area contributed by atoms with Gasteiger partial charge in [0.05, 0.1) is 18.1 Å². The van der Waals surface area contributed by atoms with Crippen LogP contribution in [0.4, 0.5) is 10.5 Å². The number of hydrogen-bond acceptors (Lipinski definition) is 6. The lowest BCUT2D eigenvalue weighted by molar-refractivity contribution is -0.119. The van der Waals surface area contributed by atoms with Gasteiger partial charge in [0.15, 0.2) is 9.84 Å². The molecule has 1 saturated heterocycles. The third-order valence-electron chi connectivity index (χ3n) is 4.95. The highest BCUT2D eigenvalue weighted by Gasteiger charge is 2.32. The summed E-state index contributed by atoms with van der Waals surface area (Å²) in [4.78, 5) is 27.1. The number of carbonyl (C=O) groups excluding carboxylic acids is 2. The Labute approximate surface area is 181 Å². The molecule has 2 aliphatic heterocycles. The number of nitrogens with zero attached hydrogens (tertiary/aromatic N) is 2. The maximum atomic E-state index is 12.1. The molecule has 2 heterocycles. The zero-order valence-corrected chi connectivity index (χ0v) is 18.6. The van der Waals surface area contributed by atoms with Gasteiger partial charge in [0.1, 0.15) is 11.9 Å². The number of hydrogen-bond donors (Lipinski definition) is 1. The minimum Gasteiger partial charge on any atom is -0.442 e. The van der Waals surface area contributed by atoms with Gasteiger partial charge in [0.25, 0.3) is 0 Å². The molecule has 1 aromatic carbocycles. The average molecular weight is 452 g/mol. The number of thiocarbonyl (C=S) groups is 1. The zero-order valence-electron chi connectivity index (χ0n) is 17.0. The van der Waals surface area contributed by atoms with Crippen LogP contribution in [0.1, 0.15) is 18.9 Å². The van der Waals surface area contributed by atoms with E-state index in [2.05, 4.69) is 11.4 Å². The maximum Gasteiger partial charge on any atom is 0.414 e. The van der Waals surface area contributed by atoms with Crippen LogP contribution in [-0.2, 0) is 19.4 Å². The molecule has 0 spiro atoms. The summed E-state index contributed by atoms with van der Waals surface area (Å²) in [6, 6.07) is 7.66. The standard InChI is InChI=1S/C20H25N3O5S2/c1-14(24)21-11-18-12-23(20(25)28-18)17-5-3-15(4-6-17)16-7-9-22(10-8-16)19(29)13-30(2,26)27/h3-7,18H,8-13H2,1-2H3,(H,21,24)/t18-/m0/s1. The van der Waals surface area contributed by atoms with Gasteiger partial charge < -0.3 is 15.0 Å². The van der Waals surface area contributed by atoms with Crippen molar-refractivity contribution in [2.24, 2.45) is 0 Å². The molecule has 2 amide bonds. The van der Waals surface area contributed by atoms with Gasteiger partial charge in [-0.25, -0.2) is 13.2 Å². The van der Waals surface area contributed by atoms with Crippen molar-refractivity contribution in [3.8, 4) is 0 Å². The maximum absolute atomic E-state index is 12.1. The first-order valence-electron chi connectivity index (χ1n) is 9.60. The second kappa shape index (κ2) is 9.13. The van der Waals surface area contributed by atoms with Crippen LogP contribution in [0, 0.1) is 0 Å². The first-order chi connectivity index (χ1) is 14.1. The number of rotatable bonds is 6. The van der Waals surface area contributed by atoms with E-state index >= 15 is 0 Å². The van der Waals surface area contributed by atoms with Gasteiger partial charge in [-0.15, -0.1) is 0 Å². The van der Waals surface area contributed by atoms with Gasteiger partial charge in [-0.2, -0.15) is 0 Å². The van der Waals surface area contributed by atoms with E-state index in [9.17, 15) is 18.0 Å². The molecular weight excluding hydrogens is 426 g/mol. The Kier molecular flexibility index (Phi) is 6.77. The summed E-state index contributed by atoms with van der Waals surface area (Å²) in [5, 5.41) is 2.66. The van der Waals surface area contributed by atoms with Crippen molar-refractivity contribution in [2.75, 3.05) is 43.1 Å². The van der Waals surface area contributed by atoms with Gasteiger partial charge in [-0.1, -0.05) is 30.4 Å². The summed E-state index contributed by atoms with van der Waals surface area (Å²) in [6.45, 7) is 3.35. The van der Waals surface area contributed by atoms with Crippen molar-refractivity contribution in [1.29, 1.82) is 0 Å². The number of anilines is 1. The monoisotopic (exact) mass is 451 g/mol. The Morgan fingerprint density at radius 3 is 2.57 bits per heavy atom. The lowest BCUT2D eigenvalue weighted by atomic mass is 9.99. The van der Waals surface area contributed by atoms with Crippen LogP contribution in [0.5, 0.6) is 0 Å². The van der Waals surface area contributed by atoms with Gasteiger partial charge in [0.2, 0.25) is 5.91 Å². The molecule has 2 aliphatic rings. The predicted molar refractivity (Wildman–Crippen MR) is 119 cm³/mol. The fraction of sp³-hybridized carbons (Fsp3) is 0.450. The fourth-order valence-electron chi connectivity index (χ4n) is 3.43. The summed E-state index contributed by atoms with van der Waals surface area (Å²) in [5.41, 5.74) is 2.95. The number of amides is 2. The summed E-state index contributed by atoms with van der Waals surface area (Å²) in [7, 11) is -3.13. The number of sulfone groups is 1. The van der Waals surface area contributed by atoms with E-state index in [0.717, 1.165) is 23.2 Å². The van der Waals surface area contributed by atoms with E-state index in [1.54, 1.807) is 4.90 Å². The van der Waals surface area contributed by atoms with E-state index in [-0.39, 0.29) is 17.8 Å². The van der Waals surface area contributed by atoms with Crippen molar-refractivity contribution < 1.29 is 22.7 Å². The Bertz CT molecular complexity index is 973. The lowest BCUT2D eigenvalue weighted by Gasteiger charge is -2.28. The van der Waals surface area contributed by atoms with E-state index in [1.165, 1.54) is 13.2 Å². The molecule has 1 aromatic rings. The quantitative estimate of drug-likeness (QED) is 0.657. The van der Waals surface area contributed by atoms with Crippen LogP contribution in [0.2, 0.25) is 0 Å². The molecule has 162 valence electrons. The molecule has 8 nitrogen and oxygen atoms in total. The number of cyclic esters (lactones) is 1. The highest BCUT2D eigenvalue weighted by molar-refractivity contribution is 7.93. The van der Waals surface area contributed by atoms with Crippen molar-refractivity contribution in [1.82, 2.24) is 10.2 Å². The van der Waals surface area contributed by atoms with Crippen LogP contribution >= 0.6 is 12.2 Å². The second-order valence-corrected chi connectivity index (χ2v) is 10.1. The molecule has 0 aliphatic carbocycles. The average Bonchev–Trinajstić information content (AvgIpc) is 3.06. The third-order valence-corrected chi connectivity index (χ3v) is 6.33. The van der Waals surface area contributed by atoms with Crippen molar-refractivity contribution in [2.45, 2.75) is 19.4 Å². The summed E-state index contributed by atoms with van der Waals surface area (Å²) >= 11 is 5.25. The molecule has 0 unspecified atom stereocenters. The molecule has 0 bridgehead atoms. The first kappa shape index (κ1) is 22.2. The Balaban J connectivity index is 1.60. The predicted octanol–water partition coefficient (Wildman–Crippen LogP) is 1.61. The molecule has 0 aromatic heterocycles. The van der Waals surface area contributed by atoms with Crippen molar-refractivity contribution in [3.05, 3.63) is 35.9 Å². The number of nitrogens with one attached hydrogen (secondary N) is 1. The molecule has 3 rings (SSSR count). The highest BCUT2D eigenvalue weighted by Crippen LogP contribution is 2.27.